The molecular formula is C22H28N4. The molecule has 26 heavy (non-hydrogen) atoms. The number of benzene rings is 2. The molecule has 0 radical (unpaired) electrons. The Morgan fingerprint density at radius 3 is 2.65 bits per heavy atom. The summed E-state index contributed by atoms with van der Waals surface area (Å²) in [6.07, 6.45) is 2.33. The Morgan fingerprint density at radius 2 is 1.92 bits per heavy atom. The van der Waals surface area contributed by atoms with Crippen LogP contribution in [0.3, 0.4) is 0 Å². The third kappa shape index (κ3) is 2.88. The highest BCUT2D eigenvalue weighted by Crippen LogP contribution is 2.35. The SMILES string of the molecule is CNC1CCN(c2cccc(-c3nc4ccccc4n3C)c2)C(C)(C)C1. The van der Waals surface area contributed by atoms with E-state index in [0.717, 1.165) is 24.3 Å². The van der Waals surface area contributed by atoms with Crippen LogP contribution in [0.4, 0.5) is 5.69 Å². The van der Waals surface area contributed by atoms with E-state index in [4.69, 9.17) is 4.98 Å². The molecule has 1 atom stereocenters. The van der Waals surface area contributed by atoms with E-state index in [9.17, 15) is 0 Å². The maximum absolute atomic E-state index is 4.86. The maximum Gasteiger partial charge on any atom is 0.140 e. The van der Waals surface area contributed by atoms with Crippen molar-refractivity contribution in [3.05, 3.63) is 48.5 Å². The molecule has 1 aromatic heterocycles. The number of aryl methyl sites for hydroxylation is 1. The summed E-state index contributed by atoms with van der Waals surface area (Å²) in [5.74, 6) is 1.02. The van der Waals surface area contributed by atoms with E-state index < -0.39 is 0 Å². The first-order valence-electron chi connectivity index (χ1n) is 9.46. The zero-order chi connectivity index (χ0) is 18.3. The van der Waals surface area contributed by atoms with Crippen LogP contribution in [-0.2, 0) is 7.05 Å². The van der Waals surface area contributed by atoms with Gasteiger partial charge in [-0.2, -0.15) is 0 Å². The van der Waals surface area contributed by atoms with Gasteiger partial charge in [0.1, 0.15) is 5.82 Å². The molecule has 1 fully saturated rings. The summed E-state index contributed by atoms with van der Waals surface area (Å²) in [7, 11) is 4.17. The van der Waals surface area contributed by atoms with Crippen LogP contribution in [0.15, 0.2) is 48.5 Å². The fraction of sp³-hybridized carbons (Fsp3) is 0.409. The molecule has 4 heteroatoms. The minimum atomic E-state index is 0.136. The molecule has 4 nitrogen and oxygen atoms in total. The quantitative estimate of drug-likeness (QED) is 0.770. The second-order valence-corrected chi connectivity index (χ2v) is 7.98. The van der Waals surface area contributed by atoms with E-state index in [1.807, 2.05) is 6.07 Å². The highest BCUT2D eigenvalue weighted by Gasteiger charge is 2.34. The van der Waals surface area contributed by atoms with Gasteiger partial charge in [-0.15, -0.1) is 0 Å². The fourth-order valence-electron chi connectivity index (χ4n) is 4.34. The third-order valence-corrected chi connectivity index (χ3v) is 5.79. The summed E-state index contributed by atoms with van der Waals surface area (Å²) in [6, 6.07) is 17.8. The van der Waals surface area contributed by atoms with E-state index in [0.29, 0.717) is 6.04 Å². The number of aromatic nitrogens is 2. The molecule has 0 saturated carbocycles. The summed E-state index contributed by atoms with van der Waals surface area (Å²) < 4.78 is 2.19. The number of para-hydroxylation sites is 2. The van der Waals surface area contributed by atoms with Gasteiger partial charge >= 0.3 is 0 Å². The molecule has 0 aliphatic carbocycles. The number of hydrogen-bond acceptors (Lipinski definition) is 3. The zero-order valence-corrected chi connectivity index (χ0v) is 16.2. The summed E-state index contributed by atoms with van der Waals surface area (Å²) >= 11 is 0. The largest absolute Gasteiger partial charge is 0.366 e. The summed E-state index contributed by atoms with van der Waals surface area (Å²) in [4.78, 5) is 7.41. The molecule has 0 spiro atoms. The van der Waals surface area contributed by atoms with Crippen molar-refractivity contribution in [1.29, 1.82) is 0 Å². The predicted molar refractivity (Wildman–Crippen MR) is 110 cm³/mol. The summed E-state index contributed by atoms with van der Waals surface area (Å²) in [5, 5.41) is 3.45. The van der Waals surface area contributed by atoms with Crippen LogP contribution in [0.25, 0.3) is 22.4 Å². The molecule has 1 N–H and O–H groups in total. The standard InChI is InChI=1S/C22H28N4/c1-22(2)15-17(23-3)12-13-26(22)18-9-7-8-16(14-18)21-24-19-10-5-6-11-20(19)25(21)4/h5-11,14,17,23H,12-13,15H2,1-4H3. The molecule has 2 aromatic carbocycles. The summed E-state index contributed by atoms with van der Waals surface area (Å²) in [6.45, 7) is 5.76. The van der Waals surface area contributed by atoms with Gasteiger partial charge in [0.2, 0.25) is 0 Å². The van der Waals surface area contributed by atoms with Crippen molar-refractivity contribution in [2.75, 3.05) is 18.5 Å². The molecule has 1 saturated heterocycles. The first-order chi connectivity index (χ1) is 12.5. The van der Waals surface area contributed by atoms with Crippen LogP contribution in [0.2, 0.25) is 0 Å². The van der Waals surface area contributed by atoms with E-state index in [2.05, 4.69) is 85.2 Å². The van der Waals surface area contributed by atoms with Crippen molar-refractivity contribution < 1.29 is 0 Å². The zero-order valence-electron chi connectivity index (χ0n) is 16.2. The maximum atomic E-state index is 4.86. The Balaban J connectivity index is 1.72. The Morgan fingerprint density at radius 1 is 1.12 bits per heavy atom. The summed E-state index contributed by atoms with van der Waals surface area (Å²) in [5.41, 5.74) is 4.81. The van der Waals surface area contributed by atoms with Crippen molar-refractivity contribution in [1.82, 2.24) is 14.9 Å². The first kappa shape index (κ1) is 17.1. The van der Waals surface area contributed by atoms with Crippen LogP contribution in [0.1, 0.15) is 26.7 Å². The molecule has 2 heterocycles. The van der Waals surface area contributed by atoms with Crippen molar-refractivity contribution >= 4 is 16.7 Å². The topological polar surface area (TPSA) is 33.1 Å². The molecule has 4 rings (SSSR count). The van der Waals surface area contributed by atoms with Gasteiger partial charge in [-0.05, 0) is 58.0 Å². The van der Waals surface area contributed by atoms with Gasteiger partial charge in [0.25, 0.3) is 0 Å². The smallest absolute Gasteiger partial charge is 0.140 e. The number of rotatable bonds is 3. The highest BCUT2D eigenvalue weighted by molar-refractivity contribution is 5.81. The number of imidazole rings is 1. The lowest BCUT2D eigenvalue weighted by atomic mass is 9.86. The molecule has 3 aromatic rings. The number of fused-ring (bicyclic) bond motifs is 1. The monoisotopic (exact) mass is 348 g/mol. The number of anilines is 1. The van der Waals surface area contributed by atoms with E-state index >= 15 is 0 Å². The molecular weight excluding hydrogens is 320 g/mol. The molecule has 1 aliphatic heterocycles. The fourth-order valence-corrected chi connectivity index (χ4v) is 4.34. The third-order valence-electron chi connectivity index (χ3n) is 5.79. The highest BCUT2D eigenvalue weighted by atomic mass is 15.2. The van der Waals surface area contributed by atoms with Gasteiger partial charge in [-0.1, -0.05) is 24.3 Å². The van der Waals surface area contributed by atoms with Crippen LogP contribution in [-0.4, -0.2) is 34.7 Å². The number of nitrogens with one attached hydrogen (secondary N) is 1. The minimum Gasteiger partial charge on any atom is -0.366 e. The van der Waals surface area contributed by atoms with Crippen molar-refractivity contribution in [2.45, 2.75) is 38.3 Å². The molecule has 1 aliphatic rings. The average Bonchev–Trinajstić information content (AvgIpc) is 2.98. The second-order valence-electron chi connectivity index (χ2n) is 7.98. The molecule has 136 valence electrons. The van der Waals surface area contributed by atoms with Gasteiger partial charge < -0.3 is 14.8 Å². The van der Waals surface area contributed by atoms with Gasteiger partial charge in [-0.3, -0.25) is 0 Å². The number of piperidine rings is 1. The van der Waals surface area contributed by atoms with Gasteiger partial charge in [0.05, 0.1) is 11.0 Å². The Bertz CT molecular complexity index is 925. The lowest BCUT2D eigenvalue weighted by Crippen LogP contribution is -2.54. The van der Waals surface area contributed by atoms with E-state index in [1.165, 1.54) is 23.2 Å². The molecule has 1 unspecified atom stereocenters. The minimum absolute atomic E-state index is 0.136. The Hall–Kier alpha value is -2.33. The van der Waals surface area contributed by atoms with Gasteiger partial charge in [-0.25, -0.2) is 4.98 Å². The van der Waals surface area contributed by atoms with Crippen LogP contribution < -0.4 is 10.2 Å². The lowest BCUT2D eigenvalue weighted by molar-refractivity contribution is 0.302. The lowest BCUT2D eigenvalue weighted by Gasteiger charge is -2.47. The van der Waals surface area contributed by atoms with Gasteiger partial charge in [0.15, 0.2) is 0 Å². The van der Waals surface area contributed by atoms with Crippen LogP contribution in [0, 0.1) is 0 Å². The van der Waals surface area contributed by atoms with Crippen molar-refractivity contribution in [3.63, 3.8) is 0 Å². The average molecular weight is 348 g/mol. The first-order valence-corrected chi connectivity index (χ1v) is 9.46. The van der Waals surface area contributed by atoms with E-state index in [1.54, 1.807) is 0 Å². The predicted octanol–water partition coefficient (Wildman–Crippen LogP) is 4.21. The molecule has 0 amide bonds. The van der Waals surface area contributed by atoms with Crippen molar-refractivity contribution in [3.8, 4) is 11.4 Å². The second kappa shape index (κ2) is 6.44. The normalized spacial score (nSPS) is 19.8. The number of nitrogens with zero attached hydrogens (tertiary/aromatic N) is 3. The van der Waals surface area contributed by atoms with Crippen molar-refractivity contribution in [2.24, 2.45) is 7.05 Å². The Labute approximate surface area is 155 Å². The van der Waals surface area contributed by atoms with E-state index in [-0.39, 0.29) is 5.54 Å². The van der Waals surface area contributed by atoms with Crippen LogP contribution in [0.5, 0.6) is 0 Å². The number of hydrogen-bond donors (Lipinski definition) is 1. The van der Waals surface area contributed by atoms with Gasteiger partial charge in [0, 0.05) is 36.4 Å². The Kier molecular flexibility index (Phi) is 4.23. The molecule has 0 bridgehead atoms. The van der Waals surface area contributed by atoms with Crippen LogP contribution >= 0.6 is 0 Å².